The molecule has 0 N–H and O–H groups in total. The zero-order valence-electron chi connectivity index (χ0n) is 2.84. The van der Waals surface area contributed by atoms with Gasteiger partial charge in [0.05, 0.1) is 12.4 Å². The Balaban J connectivity index is 0. The van der Waals surface area contributed by atoms with E-state index in [1.807, 2.05) is 0 Å². The third kappa shape index (κ3) is 337. The fourth-order valence-electron chi connectivity index (χ4n) is 0. The summed E-state index contributed by atoms with van der Waals surface area (Å²) in [4.78, 5) is 0. The molecule has 0 radical (unpaired) electrons. The summed E-state index contributed by atoms with van der Waals surface area (Å²) in [5.41, 5.74) is 0. The Labute approximate surface area is 58.2 Å². The van der Waals surface area contributed by atoms with Crippen molar-refractivity contribution in [1.29, 1.82) is 0 Å². The predicted molar refractivity (Wildman–Crippen MR) is 2.79 cm³/mol. The fraction of sp³-hybridized carbons (Fsp3) is 0. The molecule has 0 amide bonds. The first kappa shape index (κ1) is 792. The van der Waals surface area contributed by atoms with E-state index < -0.39 is 0 Å². The maximum Gasteiger partial charge on any atom is 4.00 e. The quantitative estimate of drug-likeness (QED) is 0.257. The zero-order chi connectivity index (χ0) is 0. The smallest absolute Gasteiger partial charge is 1.00 e. The van der Waals surface area contributed by atoms with Crippen LogP contribution in [0.1, 0.15) is 0 Å². The van der Waals surface area contributed by atoms with Crippen molar-refractivity contribution in [2.45, 2.75) is 0 Å². The molecule has 0 nitrogen and oxygen atoms in total. The van der Waals surface area contributed by atoms with Crippen LogP contribution >= 0.6 is 0 Å². The van der Waals surface area contributed by atoms with E-state index in [2.05, 4.69) is 0 Å². The molecule has 0 rings (SSSR count). The Morgan fingerprint density at radius 1 is 0.429 bits per heavy atom. The van der Waals surface area contributed by atoms with Crippen LogP contribution in [0.25, 0.3) is 0 Å². The maximum atomic E-state index is 0. The van der Waals surface area contributed by atoms with Gasteiger partial charge in [0.1, 0.15) is 0 Å². The normalized spacial score (nSPS) is 0. The molecule has 7 heteroatoms. The van der Waals surface area contributed by atoms with Gasteiger partial charge in [-0.1, -0.05) is 0 Å². The number of halogens is 6. The Morgan fingerprint density at radius 3 is 0.429 bits per heavy atom. The van der Waals surface area contributed by atoms with Crippen molar-refractivity contribution in [2.75, 3.05) is 0 Å². The molecular formula is H2ClF5Ti. The van der Waals surface area contributed by atoms with Gasteiger partial charge in [0, 0.05) is 0 Å². The number of rotatable bonds is 0. The summed E-state index contributed by atoms with van der Waals surface area (Å²) >= 11 is 0. The second kappa shape index (κ2) is 497. The molecule has 0 heterocycles. The maximum absolute atomic E-state index is 0. The van der Waals surface area contributed by atoms with Crippen LogP contribution in [0.5, 0.6) is 0 Å². The molecule has 0 aromatic rings. The molecule has 0 aromatic heterocycles. The molecule has 0 saturated heterocycles. The molecule has 0 aliphatic rings. The summed E-state index contributed by atoms with van der Waals surface area (Å²) in [6, 6.07) is 0. The van der Waals surface area contributed by atoms with Crippen LogP contribution < -0.4 is 23.5 Å². The standard InChI is InChI=1S/ClH2.5FH.Ti/h1H2;5*1H;/q+1;;;;;;+4/p-5. The average Bonchev–Trinajstić information content (AvgIpc) is 0. The average molecular weight is 180 g/mol. The van der Waals surface area contributed by atoms with E-state index in [0.717, 1.165) is 0 Å². The van der Waals surface area contributed by atoms with Crippen molar-refractivity contribution in [3.63, 3.8) is 0 Å². The van der Waals surface area contributed by atoms with Gasteiger partial charge in [-0.25, -0.2) is 0 Å². The summed E-state index contributed by atoms with van der Waals surface area (Å²) in [6.07, 6.45) is 0. The van der Waals surface area contributed by atoms with E-state index >= 15 is 0 Å². The number of hydrogen-bond acceptors (Lipinski definition) is 0. The molecule has 0 spiro atoms. The predicted octanol–water partition coefficient (Wildman–Crippen LogP) is -15.5. The van der Waals surface area contributed by atoms with E-state index in [1.165, 1.54) is 0 Å². The molecule has 0 atom stereocenters. The molecule has 0 aliphatic carbocycles. The molecule has 48 valence electrons. The van der Waals surface area contributed by atoms with Crippen LogP contribution in [0.15, 0.2) is 0 Å². The van der Waals surface area contributed by atoms with Gasteiger partial charge in [0.25, 0.3) is 0 Å². The fourth-order valence-corrected chi connectivity index (χ4v) is 0. The molecule has 0 saturated carbocycles. The minimum absolute atomic E-state index is 0. The zero-order valence-corrected chi connectivity index (χ0v) is 5.29. The summed E-state index contributed by atoms with van der Waals surface area (Å²) in [5, 5.41) is 0. The van der Waals surface area contributed by atoms with Crippen molar-refractivity contribution in [2.24, 2.45) is 0 Å². The van der Waals surface area contributed by atoms with Crippen molar-refractivity contribution < 1.29 is 57.6 Å². The van der Waals surface area contributed by atoms with Crippen molar-refractivity contribution in [1.82, 2.24) is 0 Å². The largest absolute Gasteiger partial charge is 4.00 e. The van der Waals surface area contributed by atoms with Gasteiger partial charge in [-0.05, 0) is 0 Å². The molecule has 0 aromatic carbocycles. The first-order valence-electron chi connectivity index (χ1n) is 0. The van der Waals surface area contributed by atoms with Crippen LogP contribution in [-0.4, -0.2) is 0 Å². The van der Waals surface area contributed by atoms with E-state index in [1.54, 1.807) is 0 Å². The van der Waals surface area contributed by atoms with Gasteiger partial charge in [-0.2, -0.15) is 0 Å². The first-order chi connectivity index (χ1) is 0. The van der Waals surface area contributed by atoms with Gasteiger partial charge in [0.15, 0.2) is 0 Å². The van der Waals surface area contributed by atoms with Gasteiger partial charge < -0.3 is 23.5 Å². The minimum Gasteiger partial charge on any atom is -1.00 e. The Kier molecular flexibility index (Phi) is 56200. The summed E-state index contributed by atoms with van der Waals surface area (Å²) in [7, 11) is 0. The monoisotopic (exact) mass is 180 g/mol. The summed E-state index contributed by atoms with van der Waals surface area (Å²) < 4.78 is 0. The van der Waals surface area contributed by atoms with Crippen LogP contribution in [0, 0.1) is 12.4 Å². The van der Waals surface area contributed by atoms with Crippen molar-refractivity contribution in [3.05, 3.63) is 0 Å². The second-order valence-corrected chi connectivity index (χ2v) is 0. The van der Waals surface area contributed by atoms with Gasteiger partial charge in [0.2, 0.25) is 0 Å². The van der Waals surface area contributed by atoms with Crippen LogP contribution in [0.3, 0.4) is 0 Å². The molecular weight excluding hydrogens is 178 g/mol. The summed E-state index contributed by atoms with van der Waals surface area (Å²) in [6.45, 7) is 0. The minimum atomic E-state index is 0. The summed E-state index contributed by atoms with van der Waals surface area (Å²) in [5.74, 6) is 0. The molecule has 0 aliphatic heterocycles. The van der Waals surface area contributed by atoms with Crippen LogP contribution in [0.4, 0.5) is 0 Å². The third-order valence-corrected chi connectivity index (χ3v) is 0. The van der Waals surface area contributed by atoms with Gasteiger partial charge in [-0.15, -0.1) is 0 Å². The van der Waals surface area contributed by atoms with E-state index in [4.69, 9.17) is 0 Å². The van der Waals surface area contributed by atoms with E-state index in [-0.39, 0.29) is 57.6 Å². The molecule has 0 unspecified atom stereocenters. The topological polar surface area (TPSA) is 0 Å². The van der Waals surface area contributed by atoms with Gasteiger partial charge >= 0.3 is 21.7 Å². The van der Waals surface area contributed by atoms with Crippen molar-refractivity contribution >= 4 is 0 Å². The molecule has 0 bridgehead atoms. The SMILES string of the molecule is [ClH2+].[F-].[F-].[F-].[F-].[F-].[Ti+4]. The van der Waals surface area contributed by atoms with Gasteiger partial charge in [-0.3, -0.25) is 0 Å². The Hall–Kier alpha value is 0.654. The Bertz CT molecular complexity index is 8.04. The van der Waals surface area contributed by atoms with Crippen LogP contribution in [-0.2, 0) is 21.7 Å². The second-order valence-electron chi connectivity index (χ2n) is 0. The molecule has 0 fully saturated rings. The van der Waals surface area contributed by atoms with E-state index in [0.29, 0.717) is 0 Å². The number of hydrogen-bond donors (Lipinski definition) is 0. The Morgan fingerprint density at radius 2 is 0.429 bits per heavy atom. The van der Waals surface area contributed by atoms with Crippen LogP contribution in [0.2, 0.25) is 0 Å². The first-order valence-corrected chi connectivity index (χ1v) is 0. The molecule has 7 heavy (non-hydrogen) atoms. The third-order valence-electron chi connectivity index (χ3n) is 0. The van der Waals surface area contributed by atoms with Crippen molar-refractivity contribution in [3.8, 4) is 0 Å². The van der Waals surface area contributed by atoms with E-state index in [9.17, 15) is 0 Å².